The molecule has 0 saturated carbocycles. The zero-order chi connectivity index (χ0) is 15.6. The Hall–Kier alpha value is -1.26. The van der Waals surface area contributed by atoms with E-state index in [4.69, 9.17) is 0 Å². The zero-order valence-corrected chi connectivity index (χ0v) is 14.6. The van der Waals surface area contributed by atoms with Crippen LogP contribution in [0.5, 0.6) is 0 Å². The summed E-state index contributed by atoms with van der Waals surface area (Å²) in [5.74, 6) is 3.30. The van der Waals surface area contributed by atoms with Crippen LogP contribution in [0.15, 0.2) is 30.3 Å². The topological polar surface area (TPSA) is 31.9 Å². The lowest BCUT2D eigenvalue weighted by molar-refractivity contribution is 0.226. The molecular weight excluding hydrogens is 302 g/mol. The van der Waals surface area contributed by atoms with E-state index in [1.54, 1.807) is 0 Å². The third kappa shape index (κ3) is 3.33. The maximum absolute atomic E-state index is 4.55. The SMILES string of the molecule is Cc1ccc(-c2cc(C3CCN(C4CCSCC4)C3)[nH]n2)cc1. The van der Waals surface area contributed by atoms with Gasteiger partial charge in [0.2, 0.25) is 0 Å². The quantitative estimate of drug-likeness (QED) is 0.922. The van der Waals surface area contributed by atoms with Crippen molar-refractivity contribution >= 4 is 11.8 Å². The van der Waals surface area contributed by atoms with E-state index in [1.165, 1.54) is 60.7 Å². The summed E-state index contributed by atoms with van der Waals surface area (Å²) in [6, 6.07) is 11.7. The van der Waals surface area contributed by atoms with Crippen LogP contribution in [-0.2, 0) is 0 Å². The van der Waals surface area contributed by atoms with E-state index < -0.39 is 0 Å². The van der Waals surface area contributed by atoms with E-state index in [0.29, 0.717) is 5.92 Å². The predicted molar refractivity (Wildman–Crippen MR) is 98.0 cm³/mol. The number of H-pyrrole nitrogens is 1. The molecule has 23 heavy (non-hydrogen) atoms. The number of aromatic nitrogens is 2. The Kier molecular flexibility index (Phi) is 4.45. The molecular formula is C19H25N3S. The molecule has 2 aromatic rings. The number of hydrogen-bond acceptors (Lipinski definition) is 3. The minimum Gasteiger partial charge on any atom is -0.300 e. The summed E-state index contributed by atoms with van der Waals surface area (Å²) in [6.07, 6.45) is 4.00. The number of benzene rings is 1. The smallest absolute Gasteiger partial charge is 0.0923 e. The number of nitrogens with zero attached hydrogens (tertiary/aromatic N) is 2. The molecule has 0 aliphatic carbocycles. The number of likely N-dealkylation sites (tertiary alicyclic amines) is 1. The van der Waals surface area contributed by atoms with Crippen LogP contribution in [0.1, 0.15) is 36.4 Å². The van der Waals surface area contributed by atoms with Gasteiger partial charge < -0.3 is 0 Å². The lowest BCUT2D eigenvalue weighted by Gasteiger charge is -2.30. The normalized spacial score (nSPS) is 23.4. The summed E-state index contributed by atoms with van der Waals surface area (Å²) < 4.78 is 0. The minimum absolute atomic E-state index is 0.622. The summed E-state index contributed by atoms with van der Waals surface area (Å²) in [4.78, 5) is 2.72. The molecule has 2 aliphatic rings. The molecule has 1 aromatic heterocycles. The first-order chi connectivity index (χ1) is 11.3. The van der Waals surface area contributed by atoms with E-state index in [1.807, 2.05) is 0 Å². The van der Waals surface area contributed by atoms with Crippen molar-refractivity contribution in [3.8, 4) is 11.3 Å². The van der Waals surface area contributed by atoms with Crippen molar-refractivity contribution in [1.82, 2.24) is 15.1 Å². The number of nitrogens with one attached hydrogen (secondary N) is 1. The highest BCUT2D eigenvalue weighted by Crippen LogP contribution is 2.32. The van der Waals surface area contributed by atoms with Gasteiger partial charge in [-0.05, 0) is 50.3 Å². The molecule has 4 heteroatoms. The second kappa shape index (κ2) is 6.70. The Labute approximate surface area is 142 Å². The molecule has 1 aromatic carbocycles. The van der Waals surface area contributed by atoms with Gasteiger partial charge in [-0.15, -0.1) is 0 Å². The molecule has 2 fully saturated rings. The zero-order valence-electron chi connectivity index (χ0n) is 13.8. The summed E-state index contributed by atoms with van der Waals surface area (Å²) in [5, 5.41) is 7.85. The number of rotatable bonds is 3. The van der Waals surface area contributed by atoms with Gasteiger partial charge in [0.05, 0.1) is 5.69 Å². The number of thioether (sulfide) groups is 1. The monoisotopic (exact) mass is 327 g/mol. The fourth-order valence-corrected chi connectivity index (χ4v) is 4.92. The fourth-order valence-electron chi connectivity index (χ4n) is 3.84. The van der Waals surface area contributed by atoms with Gasteiger partial charge in [0.1, 0.15) is 0 Å². The second-order valence-corrected chi connectivity index (χ2v) is 8.12. The Morgan fingerprint density at radius 3 is 2.70 bits per heavy atom. The highest BCUT2D eigenvalue weighted by Gasteiger charge is 2.30. The molecule has 0 radical (unpaired) electrons. The maximum Gasteiger partial charge on any atom is 0.0923 e. The Bertz CT molecular complexity index is 643. The summed E-state index contributed by atoms with van der Waals surface area (Å²) in [5.41, 5.74) is 4.89. The predicted octanol–water partition coefficient (Wildman–Crippen LogP) is 4.07. The van der Waals surface area contributed by atoms with Crippen molar-refractivity contribution in [2.75, 3.05) is 24.6 Å². The van der Waals surface area contributed by atoms with Crippen molar-refractivity contribution in [2.24, 2.45) is 0 Å². The molecule has 0 bridgehead atoms. The van der Waals surface area contributed by atoms with Gasteiger partial charge in [-0.3, -0.25) is 10.00 Å². The molecule has 4 rings (SSSR count). The third-order valence-corrected chi connectivity index (χ3v) is 6.36. The van der Waals surface area contributed by atoms with Gasteiger partial charge in [-0.25, -0.2) is 0 Å². The van der Waals surface area contributed by atoms with Gasteiger partial charge in [0.25, 0.3) is 0 Å². The molecule has 122 valence electrons. The van der Waals surface area contributed by atoms with Crippen LogP contribution >= 0.6 is 11.8 Å². The molecule has 3 heterocycles. The Morgan fingerprint density at radius 2 is 1.91 bits per heavy atom. The molecule has 0 spiro atoms. The van der Waals surface area contributed by atoms with Crippen LogP contribution in [0.3, 0.4) is 0 Å². The van der Waals surface area contributed by atoms with E-state index in [-0.39, 0.29) is 0 Å². The van der Waals surface area contributed by atoms with Crippen molar-refractivity contribution in [3.63, 3.8) is 0 Å². The molecule has 1 atom stereocenters. The fraction of sp³-hybridized carbons (Fsp3) is 0.526. The van der Waals surface area contributed by atoms with Gasteiger partial charge in [-0.2, -0.15) is 16.9 Å². The van der Waals surface area contributed by atoms with Crippen LogP contribution in [0, 0.1) is 6.92 Å². The molecule has 2 aliphatic heterocycles. The second-order valence-electron chi connectivity index (χ2n) is 6.90. The summed E-state index contributed by atoms with van der Waals surface area (Å²) in [7, 11) is 0. The van der Waals surface area contributed by atoms with Crippen molar-refractivity contribution in [2.45, 2.75) is 38.1 Å². The first kappa shape index (κ1) is 15.3. The Balaban J connectivity index is 1.44. The van der Waals surface area contributed by atoms with Crippen LogP contribution in [0.25, 0.3) is 11.3 Å². The molecule has 2 saturated heterocycles. The molecule has 1 N–H and O–H groups in total. The summed E-state index contributed by atoms with van der Waals surface area (Å²) >= 11 is 2.11. The van der Waals surface area contributed by atoms with Crippen LogP contribution in [0.2, 0.25) is 0 Å². The Morgan fingerprint density at radius 1 is 1.13 bits per heavy atom. The van der Waals surface area contributed by atoms with Crippen molar-refractivity contribution < 1.29 is 0 Å². The van der Waals surface area contributed by atoms with Gasteiger partial charge in [0.15, 0.2) is 0 Å². The average molecular weight is 327 g/mol. The van der Waals surface area contributed by atoms with E-state index in [0.717, 1.165) is 11.7 Å². The van der Waals surface area contributed by atoms with Crippen molar-refractivity contribution in [3.05, 3.63) is 41.6 Å². The standard InChI is InChI=1S/C19H25N3S/c1-14-2-4-15(5-3-14)18-12-19(21-20-18)16-6-9-22(13-16)17-7-10-23-11-8-17/h2-5,12,16-17H,6-11,13H2,1H3,(H,20,21). The lowest BCUT2D eigenvalue weighted by atomic mass is 10.0. The molecule has 3 nitrogen and oxygen atoms in total. The summed E-state index contributed by atoms with van der Waals surface area (Å²) in [6.45, 7) is 4.57. The van der Waals surface area contributed by atoms with Crippen LogP contribution < -0.4 is 0 Å². The van der Waals surface area contributed by atoms with Gasteiger partial charge >= 0.3 is 0 Å². The molecule has 1 unspecified atom stereocenters. The van der Waals surface area contributed by atoms with E-state index >= 15 is 0 Å². The largest absolute Gasteiger partial charge is 0.300 e. The van der Waals surface area contributed by atoms with Crippen molar-refractivity contribution in [1.29, 1.82) is 0 Å². The number of hydrogen-bond donors (Lipinski definition) is 1. The first-order valence-corrected chi connectivity index (χ1v) is 9.89. The van der Waals surface area contributed by atoms with Crippen LogP contribution in [0.4, 0.5) is 0 Å². The highest BCUT2D eigenvalue weighted by molar-refractivity contribution is 7.99. The average Bonchev–Trinajstić information content (AvgIpc) is 3.26. The highest BCUT2D eigenvalue weighted by atomic mass is 32.2. The van der Waals surface area contributed by atoms with Gasteiger partial charge in [-0.1, -0.05) is 29.8 Å². The number of aryl methyl sites for hydroxylation is 1. The molecule has 0 amide bonds. The first-order valence-electron chi connectivity index (χ1n) is 8.74. The third-order valence-electron chi connectivity index (χ3n) is 5.31. The minimum atomic E-state index is 0.622. The maximum atomic E-state index is 4.55. The van der Waals surface area contributed by atoms with E-state index in [2.05, 4.69) is 64.1 Å². The van der Waals surface area contributed by atoms with Gasteiger partial charge in [0, 0.05) is 29.8 Å². The van der Waals surface area contributed by atoms with E-state index in [9.17, 15) is 0 Å². The lowest BCUT2D eigenvalue weighted by Crippen LogP contribution is -2.36. The number of aromatic amines is 1. The van der Waals surface area contributed by atoms with Crippen LogP contribution in [-0.4, -0.2) is 45.7 Å².